The Morgan fingerprint density at radius 3 is 2.60 bits per heavy atom. The topological polar surface area (TPSA) is 76.8 Å². The summed E-state index contributed by atoms with van der Waals surface area (Å²) < 4.78 is 3.66. The van der Waals surface area contributed by atoms with E-state index in [1.54, 1.807) is 29.2 Å². The van der Waals surface area contributed by atoms with Crippen LogP contribution in [0.2, 0.25) is 5.02 Å². The zero-order chi connectivity index (χ0) is 20.9. The third-order valence-electron chi connectivity index (χ3n) is 4.71. The van der Waals surface area contributed by atoms with Gasteiger partial charge >= 0.3 is 6.03 Å². The summed E-state index contributed by atoms with van der Waals surface area (Å²) in [5.74, 6) is 0.726. The maximum absolute atomic E-state index is 12.6. The van der Waals surface area contributed by atoms with Crippen molar-refractivity contribution in [2.45, 2.75) is 12.6 Å². The number of carbonyl (C=O) groups excluding carboxylic acids is 1. The Hall–Kier alpha value is -3.58. The second kappa shape index (κ2) is 8.84. The minimum Gasteiger partial charge on any atom is -0.336 e. The smallest absolute Gasteiger partial charge is 0.315 e. The van der Waals surface area contributed by atoms with Crippen LogP contribution in [0.1, 0.15) is 23.0 Å². The summed E-state index contributed by atoms with van der Waals surface area (Å²) in [7, 11) is 1.89. The number of para-hydroxylation sites is 1. The third-order valence-corrected chi connectivity index (χ3v) is 4.96. The molecule has 0 radical (unpaired) electrons. The van der Waals surface area contributed by atoms with Crippen LogP contribution >= 0.6 is 11.6 Å². The first-order valence-corrected chi connectivity index (χ1v) is 9.84. The largest absolute Gasteiger partial charge is 0.336 e. The molecule has 4 aromatic rings. The maximum atomic E-state index is 12.6. The molecule has 0 aliphatic rings. The molecule has 2 heterocycles. The predicted molar refractivity (Wildman–Crippen MR) is 115 cm³/mol. The molecule has 2 aromatic carbocycles. The van der Waals surface area contributed by atoms with E-state index < -0.39 is 6.04 Å². The number of amides is 2. The lowest BCUT2D eigenvalue weighted by Gasteiger charge is -2.19. The van der Waals surface area contributed by atoms with E-state index in [0.29, 0.717) is 11.6 Å². The van der Waals surface area contributed by atoms with Crippen LogP contribution in [0.25, 0.3) is 5.69 Å². The minimum atomic E-state index is -0.408. The SMILES string of the molecule is Cn1ccnc1[C@@H](NC(=O)NCc1cnn(-c2ccccc2)c1)c1ccc(Cl)cc1. The highest BCUT2D eigenvalue weighted by atomic mass is 35.5. The predicted octanol–water partition coefficient (Wildman–Crippen LogP) is 3.85. The molecule has 4 rings (SSSR count). The first-order valence-electron chi connectivity index (χ1n) is 9.46. The maximum Gasteiger partial charge on any atom is 0.315 e. The number of carbonyl (C=O) groups is 1. The average Bonchev–Trinajstić information content (AvgIpc) is 3.41. The molecule has 2 aromatic heterocycles. The molecule has 1 atom stereocenters. The van der Waals surface area contributed by atoms with Crippen molar-refractivity contribution in [3.63, 3.8) is 0 Å². The van der Waals surface area contributed by atoms with Crippen molar-refractivity contribution in [3.8, 4) is 5.69 Å². The van der Waals surface area contributed by atoms with Crippen molar-refractivity contribution >= 4 is 17.6 Å². The fraction of sp³-hybridized carbons (Fsp3) is 0.136. The minimum absolute atomic E-state index is 0.301. The molecule has 2 amide bonds. The number of urea groups is 1. The normalized spacial score (nSPS) is 11.8. The fourth-order valence-electron chi connectivity index (χ4n) is 3.15. The fourth-order valence-corrected chi connectivity index (χ4v) is 3.27. The van der Waals surface area contributed by atoms with E-state index in [2.05, 4.69) is 20.7 Å². The highest BCUT2D eigenvalue weighted by Gasteiger charge is 2.20. The molecule has 30 heavy (non-hydrogen) atoms. The van der Waals surface area contributed by atoms with Crippen molar-refractivity contribution in [2.75, 3.05) is 0 Å². The van der Waals surface area contributed by atoms with Crippen LogP contribution < -0.4 is 10.6 Å². The lowest BCUT2D eigenvalue weighted by Crippen LogP contribution is -2.38. The second-order valence-corrected chi connectivity index (χ2v) is 7.27. The van der Waals surface area contributed by atoms with E-state index in [0.717, 1.165) is 22.6 Å². The van der Waals surface area contributed by atoms with Gasteiger partial charge in [-0.15, -0.1) is 0 Å². The molecule has 0 fully saturated rings. The molecule has 0 saturated heterocycles. The quantitative estimate of drug-likeness (QED) is 0.497. The van der Waals surface area contributed by atoms with E-state index in [9.17, 15) is 4.79 Å². The molecule has 0 spiro atoms. The van der Waals surface area contributed by atoms with Crippen molar-refractivity contribution in [3.05, 3.63) is 101 Å². The molecule has 0 bridgehead atoms. The van der Waals surface area contributed by atoms with Gasteiger partial charge in [0.2, 0.25) is 0 Å². The summed E-state index contributed by atoms with van der Waals surface area (Å²) in [6.45, 7) is 0.354. The van der Waals surface area contributed by atoms with Crippen molar-refractivity contribution < 1.29 is 4.79 Å². The third kappa shape index (κ3) is 4.52. The summed E-state index contributed by atoms with van der Waals surface area (Å²) in [4.78, 5) is 17.0. The average molecular weight is 421 g/mol. The van der Waals surface area contributed by atoms with Gasteiger partial charge in [-0.05, 0) is 29.8 Å². The number of halogens is 1. The molecule has 152 valence electrons. The highest BCUT2D eigenvalue weighted by molar-refractivity contribution is 6.30. The van der Waals surface area contributed by atoms with Gasteiger partial charge in [0.05, 0.1) is 11.9 Å². The van der Waals surface area contributed by atoms with Crippen LogP contribution in [0.15, 0.2) is 79.4 Å². The molecular formula is C22H21ClN6O. The number of aryl methyl sites for hydroxylation is 1. The van der Waals surface area contributed by atoms with Gasteiger partial charge in [0, 0.05) is 42.8 Å². The van der Waals surface area contributed by atoms with E-state index >= 15 is 0 Å². The Balaban J connectivity index is 1.44. The molecule has 0 aliphatic carbocycles. The summed E-state index contributed by atoms with van der Waals surface area (Å²) in [6, 6.07) is 16.5. The van der Waals surface area contributed by atoms with Crippen molar-refractivity contribution in [2.24, 2.45) is 7.05 Å². The number of benzene rings is 2. The summed E-state index contributed by atoms with van der Waals surface area (Å²) in [6.07, 6.45) is 7.18. The van der Waals surface area contributed by atoms with Gasteiger partial charge in [0.15, 0.2) is 0 Å². The van der Waals surface area contributed by atoms with Crippen LogP contribution in [0.3, 0.4) is 0 Å². The van der Waals surface area contributed by atoms with Crippen molar-refractivity contribution in [1.29, 1.82) is 0 Å². The van der Waals surface area contributed by atoms with Gasteiger partial charge in [0.1, 0.15) is 11.9 Å². The lowest BCUT2D eigenvalue weighted by molar-refractivity contribution is 0.237. The Morgan fingerprint density at radius 1 is 1.13 bits per heavy atom. The van der Waals surface area contributed by atoms with Gasteiger partial charge in [-0.1, -0.05) is 41.9 Å². The van der Waals surface area contributed by atoms with E-state index in [1.807, 2.05) is 66.5 Å². The zero-order valence-corrected chi connectivity index (χ0v) is 17.1. The van der Waals surface area contributed by atoms with Crippen LogP contribution in [-0.2, 0) is 13.6 Å². The standard InChI is InChI=1S/C22H21ClN6O/c1-28-12-11-24-21(28)20(17-7-9-18(23)10-8-17)27-22(30)25-13-16-14-26-29(15-16)19-5-3-2-4-6-19/h2-12,14-15,20H,13H2,1H3,(H2,25,27,30)/t20-/m0/s1. The van der Waals surface area contributed by atoms with Gasteiger partial charge in [-0.2, -0.15) is 5.10 Å². The van der Waals surface area contributed by atoms with E-state index in [-0.39, 0.29) is 6.03 Å². The summed E-state index contributed by atoms with van der Waals surface area (Å²) in [5, 5.41) is 10.9. The number of nitrogens with zero attached hydrogens (tertiary/aromatic N) is 4. The molecule has 2 N–H and O–H groups in total. The number of nitrogens with one attached hydrogen (secondary N) is 2. The molecule has 0 unspecified atom stereocenters. The Labute approximate surface area is 179 Å². The first kappa shape index (κ1) is 19.7. The zero-order valence-electron chi connectivity index (χ0n) is 16.4. The van der Waals surface area contributed by atoms with Crippen molar-refractivity contribution in [1.82, 2.24) is 30.0 Å². The summed E-state index contributed by atoms with van der Waals surface area (Å²) in [5.41, 5.74) is 2.75. The van der Waals surface area contributed by atoms with E-state index in [1.165, 1.54) is 0 Å². The van der Waals surface area contributed by atoms with Crippen LogP contribution in [-0.4, -0.2) is 25.4 Å². The van der Waals surface area contributed by atoms with Crippen LogP contribution in [0.5, 0.6) is 0 Å². The Bertz CT molecular complexity index is 1120. The van der Waals surface area contributed by atoms with Gasteiger partial charge in [0.25, 0.3) is 0 Å². The lowest BCUT2D eigenvalue weighted by atomic mass is 10.1. The molecule has 8 heteroatoms. The number of rotatable bonds is 6. The number of aromatic nitrogens is 4. The summed E-state index contributed by atoms with van der Waals surface area (Å²) >= 11 is 6.01. The van der Waals surface area contributed by atoms with Crippen LogP contribution in [0, 0.1) is 0 Å². The van der Waals surface area contributed by atoms with Gasteiger partial charge in [-0.3, -0.25) is 0 Å². The first-order chi connectivity index (χ1) is 14.6. The molecule has 0 aliphatic heterocycles. The second-order valence-electron chi connectivity index (χ2n) is 6.84. The molecule has 7 nitrogen and oxygen atoms in total. The molecule has 0 saturated carbocycles. The number of hydrogen-bond donors (Lipinski definition) is 2. The van der Waals surface area contributed by atoms with E-state index in [4.69, 9.17) is 11.6 Å². The van der Waals surface area contributed by atoms with Gasteiger partial charge < -0.3 is 15.2 Å². The monoisotopic (exact) mass is 420 g/mol. The number of imidazole rings is 1. The van der Waals surface area contributed by atoms with Gasteiger partial charge in [-0.25, -0.2) is 14.5 Å². The Kier molecular flexibility index (Phi) is 5.81. The highest BCUT2D eigenvalue weighted by Crippen LogP contribution is 2.22. The molecular weight excluding hydrogens is 400 g/mol. The van der Waals surface area contributed by atoms with Crippen LogP contribution in [0.4, 0.5) is 4.79 Å². The Morgan fingerprint density at radius 2 is 1.90 bits per heavy atom. The number of hydrogen-bond acceptors (Lipinski definition) is 3.